The molecule has 0 saturated carbocycles. The number of carbonyl (C=O) groups excluding carboxylic acids is 1. The first kappa shape index (κ1) is 14.1. The molecule has 0 unspecified atom stereocenters. The molecule has 2 N–H and O–H groups in total. The second-order valence-corrected chi connectivity index (χ2v) is 6.06. The maximum atomic E-state index is 13.5. The van der Waals surface area contributed by atoms with Crippen molar-refractivity contribution in [2.24, 2.45) is 0 Å². The molecule has 1 heterocycles. The van der Waals surface area contributed by atoms with Crippen molar-refractivity contribution < 1.29 is 9.18 Å². The molecule has 0 fully saturated rings. The summed E-state index contributed by atoms with van der Waals surface area (Å²) in [5.74, 6) is -0.325. The van der Waals surface area contributed by atoms with Crippen molar-refractivity contribution in [3.8, 4) is 0 Å². The van der Waals surface area contributed by atoms with Crippen LogP contribution in [0.5, 0.6) is 0 Å². The van der Waals surface area contributed by atoms with Crippen LogP contribution in [0.4, 0.5) is 15.8 Å². The summed E-state index contributed by atoms with van der Waals surface area (Å²) in [6, 6.07) is 10.1. The van der Waals surface area contributed by atoms with E-state index >= 15 is 0 Å². The zero-order chi connectivity index (χ0) is 15.0. The highest BCUT2D eigenvalue weighted by atomic mass is 79.9. The molecule has 1 amide bonds. The molecule has 0 bridgehead atoms. The molecule has 0 aliphatic carbocycles. The van der Waals surface area contributed by atoms with Gasteiger partial charge in [0.15, 0.2) is 0 Å². The van der Waals surface area contributed by atoms with Crippen LogP contribution in [-0.4, -0.2) is 5.91 Å². The number of benzene rings is 2. The lowest BCUT2D eigenvalue weighted by Crippen LogP contribution is -2.34. The molecule has 3 rings (SSSR count). The number of nitrogens with zero attached hydrogens (tertiary/aromatic N) is 1. The summed E-state index contributed by atoms with van der Waals surface area (Å²) in [4.78, 5) is 13.8. The van der Waals surface area contributed by atoms with E-state index in [9.17, 15) is 9.18 Å². The second-order valence-electron chi connectivity index (χ2n) is 5.15. The molecular weight excluding hydrogens is 335 g/mol. The molecule has 21 heavy (non-hydrogen) atoms. The zero-order valence-electron chi connectivity index (χ0n) is 11.3. The van der Waals surface area contributed by atoms with Crippen LogP contribution in [0.15, 0.2) is 40.9 Å². The molecule has 108 valence electrons. The SMILES string of the molecule is Nc1cc(Br)cc(CN2C(=O)CCc3ccc(F)cc32)c1. The minimum atomic E-state index is -0.331. The molecule has 1 aliphatic rings. The van der Waals surface area contributed by atoms with Crippen LogP contribution in [0, 0.1) is 5.82 Å². The number of nitrogens with two attached hydrogens (primary N) is 1. The fraction of sp³-hybridized carbons (Fsp3) is 0.188. The minimum Gasteiger partial charge on any atom is -0.399 e. The van der Waals surface area contributed by atoms with Gasteiger partial charge in [-0.3, -0.25) is 4.79 Å². The van der Waals surface area contributed by atoms with E-state index in [1.165, 1.54) is 12.1 Å². The first-order chi connectivity index (χ1) is 10.0. The predicted octanol–water partition coefficient (Wildman–Crippen LogP) is 3.65. The summed E-state index contributed by atoms with van der Waals surface area (Å²) in [5.41, 5.74) is 9.02. The first-order valence-electron chi connectivity index (χ1n) is 6.66. The molecule has 2 aromatic carbocycles. The van der Waals surface area contributed by atoms with Gasteiger partial charge in [0, 0.05) is 16.6 Å². The Morgan fingerprint density at radius 2 is 2.00 bits per heavy atom. The summed E-state index contributed by atoms with van der Waals surface area (Å²) in [5, 5.41) is 0. The lowest BCUT2D eigenvalue weighted by Gasteiger charge is -2.29. The molecule has 0 atom stereocenters. The Morgan fingerprint density at radius 1 is 1.19 bits per heavy atom. The number of nitrogen functional groups attached to an aromatic ring is 1. The molecule has 0 aromatic heterocycles. The largest absolute Gasteiger partial charge is 0.399 e. The number of fused-ring (bicyclic) bond motifs is 1. The van der Waals surface area contributed by atoms with Gasteiger partial charge in [-0.25, -0.2) is 4.39 Å². The van der Waals surface area contributed by atoms with E-state index in [4.69, 9.17) is 5.73 Å². The van der Waals surface area contributed by atoms with Crippen molar-refractivity contribution in [2.45, 2.75) is 19.4 Å². The standard InChI is InChI=1S/C16H14BrFN2O/c17-12-5-10(6-14(19)7-12)9-20-15-8-13(18)3-1-11(15)2-4-16(20)21/h1,3,5-8H,2,4,9,19H2. The van der Waals surface area contributed by atoms with Crippen molar-refractivity contribution >= 4 is 33.2 Å². The van der Waals surface area contributed by atoms with Gasteiger partial charge < -0.3 is 10.6 Å². The number of hydrogen-bond donors (Lipinski definition) is 1. The number of rotatable bonds is 2. The normalized spacial score (nSPS) is 14.2. The second kappa shape index (κ2) is 5.48. The van der Waals surface area contributed by atoms with Crippen molar-refractivity contribution in [2.75, 3.05) is 10.6 Å². The summed E-state index contributed by atoms with van der Waals surface area (Å²) < 4.78 is 14.4. The number of amides is 1. The number of carbonyl (C=O) groups is 1. The van der Waals surface area contributed by atoms with Gasteiger partial charge >= 0.3 is 0 Å². The van der Waals surface area contributed by atoms with Gasteiger partial charge in [-0.05, 0) is 47.9 Å². The van der Waals surface area contributed by atoms with Gasteiger partial charge in [0.1, 0.15) is 5.82 Å². The maximum Gasteiger partial charge on any atom is 0.227 e. The molecule has 5 heteroatoms. The average Bonchev–Trinajstić information content (AvgIpc) is 2.41. The highest BCUT2D eigenvalue weighted by Gasteiger charge is 2.24. The van der Waals surface area contributed by atoms with Crippen molar-refractivity contribution in [3.05, 3.63) is 57.8 Å². The van der Waals surface area contributed by atoms with E-state index < -0.39 is 0 Å². The summed E-state index contributed by atoms with van der Waals surface area (Å²) in [6.45, 7) is 0.388. The van der Waals surface area contributed by atoms with Crippen LogP contribution in [-0.2, 0) is 17.8 Å². The van der Waals surface area contributed by atoms with E-state index in [0.717, 1.165) is 15.6 Å². The van der Waals surface area contributed by atoms with E-state index in [-0.39, 0.29) is 11.7 Å². The molecular formula is C16H14BrFN2O. The maximum absolute atomic E-state index is 13.5. The molecule has 3 nitrogen and oxygen atoms in total. The number of aryl methyl sites for hydroxylation is 1. The summed E-state index contributed by atoms with van der Waals surface area (Å²) in [6.07, 6.45) is 1.10. The quantitative estimate of drug-likeness (QED) is 0.842. The third-order valence-corrected chi connectivity index (χ3v) is 4.03. The van der Waals surface area contributed by atoms with Crippen molar-refractivity contribution in [3.63, 3.8) is 0 Å². The summed E-state index contributed by atoms with van der Waals surface area (Å²) in [7, 11) is 0. The number of anilines is 2. The first-order valence-corrected chi connectivity index (χ1v) is 7.46. The molecule has 0 radical (unpaired) electrons. The molecule has 1 aliphatic heterocycles. The Labute approximate surface area is 130 Å². The van der Waals surface area contributed by atoms with Gasteiger partial charge in [0.05, 0.1) is 12.2 Å². The van der Waals surface area contributed by atoms with Crippen molar-refractivity contribution in [1.82, 2.24) is 0 Å². The highest BCUT2D eigenvalue weighted by Crippen LogP contribution is 2.30. The van der Waals surface area contributed by atoms with E-state index in [1.54, 1.807) is 17.0 Å². The van der Waals surface area contributed by atoms with E-state index in [1.807, 2.05) is 12.1 Å². The van der Waals surface area contributed by atoms with E-state index in [0.29, 0.717) is 30.8 Å². The van der Waals surface area contributed by atoms with E-state index in [2.05, 4.69) is 15.9 Å². The fourth-order valence-corrected chi connectivity index (χ4v) is 3.19. The molecule has 0 spiro atoms. The third kappa shape index (κ3) is 2.93. The molecule has 2 aromatic rings. The predicted molar refractivity (Wildman–Crippen MR) is 84.5 cm³/mol. The van der Waals surface area contributed by atoms with Gasteiger partial charge in [-0.1, -0.05) is 22.0 Å². The topological polar surface area (TPSA) is 46.3 Å². The number of halogens is 2. The Hall–Kier alpha value is -1.88. The Morgan fingerprint density at radius 3 is 2.76 bits per heavy atom. The monoisotopic (exact) mass is 348 g/mol. The zero-order valence-corrected chi connectivity index (χ0v) is 12.9. The van der Waals surface area contributed by atoms with Crippen LogP contribution in [0.1, 0.15) is 17.5 Å². The Balaban J connectivity index is 1.98. The van der Waals surface area contributed by atoms with Crippen LogP contribution in [0.25, 0.3) is 0 Å². The van der Waals surface area contributed by atoms with Gasteiger partial charge in [-0.2, -0.15) is 0 Å². The highest BCUT2D eigenvalue weighted by molar-refractivity contribution is 9.10. The summed E-state index contributed by atoms with van der Waals surface area (Å²) >= 11 is 3.39. The lowest BCUT2D eigenvalue weighted by molar-refractivity contribution is -0.119. The van der Waals surface area contributed by atoms with Crippen LogP contribution >= 0.6 is 15.9 Å². The average molecular weight is 349 g/mol. The van der Waals surface area contributed by atoms with Crippen molar-refractivity contribution in [1.29, 1.82) is 0 Å². The van der Waals surface area contributed by atoms with Gasteiger partial charge in [-0.15, -0.1) is 0 Å². The van der Waals surface area contributed by atoms with Crippen LogP contribution in [0.2, 0.25) is 0 Å². The van der Waals surface area contributed by atoms with Gasteiger partial charge in [0.2, 0.25) is 5.91 Å². The molecule has 0 saturated heterocycles. The lowest BCUT2D eigenvalue weighted by atomic mass is 10.00. The minimum absolute atomic E-state index is 0.00615. The Bertz CT molecular complexity index is 697. The smallest absolute Gasteiger partial charge is 0.227 e. The fourth-order valence-electron chi connectivity index (χ4n) is 2.63. The van der Waals surface area contributed by atoms with Crippen LogP contribution < -0.4 is 10.6 Å². The van der Waals surface area contributed by atoms with Gasteiger partial charge in [0.25, 0.3) is 0 Å². The number of hydrogen-bond acceptors (Lipinski definition) is 2. The Kier molecular flexibility index (Phi) is 3.68. The third-order valence-electron chi connectivity index (χ3n) is 3.57. The van der Waals surface area contributed by atoms with Crippen LogP contribution in [0.3, 0.4) is 0 Å².